The predicted octanol–water partition coefficient (Wildman–Crippen LogP) is -0.103. The van der Waals surface area contributed by atoms with Crippen molar-refractivity contribution in [3.8, 4) is 0 Å². The van der Waals surface area contributed by atoms with Gasteiger partial charge >= 0.3 is 0 Å². The average molecular weight is 182 g/mol. The zero-order valence-electron chi connectivity index (χ0n) is 7.66. The van der Waals surface area contributed by atoms with Crippen molar-refractivity contribution in [3.63, 3.8) is 0 Å². The first-order valence-electron chi connectivity index (χ1n) is 4.49. The van der Waals surface area contributed by atoms with Gasteiger partial charge in [0.25, 0.3) is 0 Å². The van der Waals surface area contributed by atoms with Gasteiger partial charge < -0.3 is 10.1 Å². The van der Waals surface area contributed by atoms with E-state index in [0.717, 1.165) is 25.2 Å². The summed E-state index contributed by atoms with van der Waals surface area (Å²) in [7, 11) is 1.75. The highest BCUT2D eigenvalue weighted by Gasteiger charge is 2.24. The third-order valence-corrected chi connectivity index (χ3v) is 2.50. The van der Waals surface area contributed by atoms with Gasteiger partial charge in [-0.1, -0.05) is 0 Å². The van der Waals surface area contributed by atoms with E-state index in [0.29, 0.717) is 12.0 Å². The molecular formula is C8H14N4O. The zero-order chi connectivity index (χ0) is 9.10. The first kappa shape index (κ1) is 8.65. The molecule has 0 amide bonds. The highest BCUT2D eigenvalue weighted by molar-refractivity contribution is 5.04. The van der Waals surface area contributed by atoms with Crippen molar-refractivity contribution in [1.82, 2.24) is 20.7 Å². The third-order valence-electron chi connectivity index (χ3n) is 2.50. The molecule has 0 aromatic carbocycles. The van der Waals surface area contributed by atoms with E-state index in [-0.39, 0.29) is 0 Å². The molecule has 2 unspecified atom stereocenters. The van der Waals surface area contributed by atoms with Crippen LogP contribution in [0.3, 0.4) is 0 Å². The van der Waals surface area contributed by atoms with Crippen LogP contribution in [0.5, 0.6) is 0 Å². The lowest BCUT2D eigenvalue weighted by atomic mass is 9.95. The molecule has 72 valence electrons. The van der Waals surface area contributed by atoms with Crippen LogP contribution in [0, 0.1) is 0 Å². The number of rotatable bonds is 2. The summed E-state index contributed by atoms with van der Waals surface area (Å²) in [5.74, 6) is 0.428. The summed E-state index contributed by atoms with van der Waals surface area (Å²) in [4.78, 5) is 0. The molecule has 0 bridgehead atoms. The second-order valence-electron chi connectivity index (χ2n) is 3.34. The van der Waals surface area contributed by atoms with Crippen molar-refractivity contribution in [3.05, 3.63) is 11.9 Å². The molecule has 1 fully saturated rings. The summed E-state index contributed by atoms with van der Waals surface area (Å²) in [6, 6.07) is 0. The average Bonchev–Trinajstić information content (AvgIpc) is 2.71. The number of ether oxygens (including phenoxy) is 1. The smallest absolute Gasteiger partial charge is 0.0869 e. The molecule has 0 aliphatic carbocycles. The number of piperidine rings is 1. The predicted molar refractivity (Wildman–Crippen MR) is 47.4 cm³/mol. The van der Waals surface area contributed by atoms with Crippen LogP contribution >= 0.6 is 0 Å². The summed E-state index contributed by atoms with van der Waals surface area (Å²) in [6.45, 7) is 1.90. The second kappa shape index (κ2) is 3.85. The van der Waals surface area contributed by atoms with Crippen LogP contribution in [0.25, 0.3) is 0 Å². The molecule has 5 heteroatoms. The molecule has 5 nitrogen and oxygen atoms in total. The molecule has 0 radical (unpaired) electrons. The SMILES string of the molecule is COC1CNCC(c2cn[nH]n2)C1. The van der Waals surface area contributed by atoms with Crippen LogP contribution in [0.1, 0.15) is 18.0 Å². The van der Waals surface area contributed by atoms with E-state index in [1.54, 1.807) is 13.3 Å². The van der Waals surface area contributed by atoms with Gasteiger partial charge in [0, 0.05) is 26.1 Å². The summed E-state index contributed by atoms with van der Waals surface area (Å²) < 4.78 is 5.30. The summed E-state index contributed by atoms with van der Waals surface area (Å²) in [5, 5.41) is 13.8. The van der Waals surface area contributed by atoms with E-state index >= 15 is 0 Å². The minimum Gasteiger partial charge on any atom is -0.380 e. The largest absolute Gasteiger partial charge is 0.380 e. The van der Waals surface area contributed by atoms with Gasteiger partial charge in [-0.05, 0) is 6.42 Å². The minimum absolute atomic E-state index is 0.301. The van der Waals surface area contributed by atoms with E-state index in [2.05, 4.69) is 20.7 Å². The molecule has 0 spiro atoms. The molecule has 1 aliphatic rings. The van der Waals surface area contributed by atoms with Gasteiger partial charge in [0.15, 0.2) is 0 Å². The van der Waals surface area contributed by atoms with Crippen molar-refractivity contribution < 1.29 is 4.74 Å². The van der Waals surface area contributed by atoms with Gasteiger partial charge in [0.2, 0.25) is 0 Å². The van der Waals surface area contributed by atoms with Crippen molar-refractivity contribution in [2.24, 2.45) is 0 Å². The fourth-order valence-corrected chi connectivity index (χ4v) is 1.71. The van der Waals surface area contributed by atoms with Crippen LogP contribution in [0.15, 0.2) is 6.20 Å². The first-order chi connectivity index (χ1) is 6.40. The van der Waals surface area contributed by atoms with Gasteiger partial charge in [-0.15, -0.1) is 0 Å². The van der Waals surface area contributed by atoms with Crippen LogP contribution in [-0.2, 0) is 4.74 Å². The van der Waals surface area contributed by atoms with Gasteiger partial charge in [-0.2, -0.15) is 15.4 Å². The van der Waals surface area contributed by atoms with Crippen molar-refractivity contribution in [1.29, 1.82) is 0 Å². The van der Waals surface area contributed by atoms with Crippen LogP contribution in [-0.4, -0.2) is 41.7 Å². The molecule has 2 rings (SSSR count). The maximum atomic E-state index is 5.30. The highest BCUT2D eigenvalue weighted by atomic mass is 16.5. The zero-order valence-corrected chi connectivity index (χ0v) is 7.66. The summed E-state index contributed by atoms with van der Waals surface area (Å²) >= 11 is 0. The van der Waals surface area contributed by atoms with Gasteiger partial charge in [-0.3, -0.25) is 0 Å². The molecule has 1 aliphatic heterocycles. The lowest BCUT2D eigenvalue weighted by molar-refractivity contribution is 0.0733. The molecule has 1 aromatic rings. The fourth-order valence-electron chi connectivity index (χ4n) is 1.71. The molecule has 2 atom stereocenters. The van der Waals surface area contributed by atoms with Gasteiger partial charge in [0.05, 0.1) is 18.0 Å². The number of methoxy groups -OCH3 is 1. The Morgan fingerprint density at radius 2 is 2.46 bits per heavy atom. The number of aromatic nitrogens is 3. The Morgan fingerprint density at radius 1 is 1.54 bits per heavy atom. The lowest BCUT2D eigenvalue weighted by Gasteiger charge is -2.27. The van der Waals surface area contributed by atoms with E-state index in [4.69, 9.17) is 4.74 Å². The van der Waals surface area contributed by atoms with Crippen molar-refractivity contribution in [2.45, 2.75) is 18.4 Å². The standard InChI is InChI=1S/C8H14N4O/c1-13-7-2-6(3-9-4-7)8-5-10-12-11-8/h5-7,9H,2-4H2,1H3,(H,10,11,12). The number of hydrogen-bond donors (Lipinski definition) is 2. The van der Waals surface area contributed by atoms with Crippen LogP contribution < -0.4 is 5.32 Å². The van der Waals surface area contributed by atoms with E-state index < -0.39 is 0 Å². The van der Waals surface area contributed by atoms with Crippen molar-refractivity contribution in [2.75, 3.05) is 20.2 Å². The Morgan fingerprint density at radius 3 is 3.15 bits per heavy atom. The van der Waals surface area contributed by atoms with Crippen molar-refractivity contribution >= 4 is 0 Å². The Labute approximate surface area is 76.9 Å². The maximum absolute atomic E-state index is 5.30. The van der Waals surface area contributed by atoms with Crippen LogP contribution in [0.4, 0.5) is 0 Å². The number of hydrogen-bond acceptors (Lipinski definition) is 4. The number of nitrogens with zero attached hydrogens (tertiary/aromatic N) is 2. The number of nitrogens with one attached hydrogen (secondary N) is 2. The van der Waals surface area contributed by atoms with Gasteiger partial charge in [0.1, 0.15) is 0 Å². The quantitative estimate of drug-likeness (QED) is 0.670. The monoisotopic (exact) mass is 182 g/mol. The molecular weight excluding hydrogens is 168 g/mol. The fraction of sp³-hybridized carbons (Fsp3) is 0.750. The highest BCUT2D eigenvalue weighted by Crippen LogP contribution is 2.21. The lowest BCUT2D eigenvalue weighted by Crippen LogP contribution is -2.39. The Kier molecular flexibility index (Phi) is 2.56. The normalized spacial score (nSPS) is 29.0. The van der Waals surface area contributed by atoms with Crippen LogP contribution in [0.2, 0.25) is 0 Å². The third kappa shape index (κ3) is 1.87. The molecule has 13 heavy (non-hydrogen) atoms. The minimum atomic E-state index is 0.301. The molecule has 1 saturated heterocycles. The molecule has 1 aromatic heterocycles. The van der Waals surface area contributed by atoms with E-state index in [1.165, 1.54) is 0 Å². The first-order valence-corrected chi connectivity index (χ1v) is 4.49. The van der Waals surface area contributed by atoms with Gasteiger partial charge in [-0.25, -0.2) is 0 Å². The maximum Gasteiger partial charge on any atom is 0.0869 e. The summed E-state index contributed by atoms with van der Waals surface area (Å²) in [6.07, 6.45) is 3.11. The summed E-state index contributed by atoms with van der Waals surface area (Å²) in [5.41, 5.74) is 1.02. The topological polar surface area (TPSA) is 62.8 Å². The molecule has 0 saturated carbocycles. The second-order valence-corrected chi connectivity index (χ2v) is 3.34. The number of H-pyrrole nitrogens is 1. The number of aromatic amines is 1. The molecule has 2 heterocycles. The van der Waals surface area contributed by atoms with E-state index in [9.17, 15) is 0 Å². The molecule has 2 N–H and O–H groups in total. The van der Waals surface area contributed by atoms with E-state index in [1.807, 2.05) is 0 Å². The Hall–Kier alpha value is -0.940. The Balaban J connectivity index is 2.00. The Bertz CT molecular complexity index is 249.